The second-order valence-electron chi connectivity index (χ2n) is 4.06. The Morgan fingerprint density at radius 3 is 2.63 bits per heavy atom. The number of carbonyl (C=O) groups is 1. The maximum absolute atomic E-state index is 11.7. The summed E-state index contributed by atoms with van der Waals surface area (Å²) >= 11 is 5.60. The number of nitro benzene ring substituents is 1. The van der Waals surface area contributed by atoms with Gasteiger partial charge in [-0.1, -0.05) is 18.2 Å². The van der Waals surface area contributed by atoms with Crippen molar-refractivity contribution in [2.45, 2.75) is 0 Å². The average Bonchev–Trinajstić information content (AvgIpc) is 2.34. The molecule has 1 amide bonds. The lowest BCUT2D eigenvalue weighted by molar-refractivity contribution is -0.384. The molecule has 0 aliphatic heterocycles. The maximum atomic E-state index is 11.7. The van der Waals surface area contributed by atoms with E-state index in [4.69, 9.17) is 11.6 Å². The normalized spacial score (nSPS) is 9.84. The highest BCUT2D eigenvalue weighted by Crippen LogP contribution is 2.26. The van der Waals surface area contributed by atoms with Gasteiger partial charge in [-0.2, -0.15) is 0 Å². The van der Waals surface area contributed by atoms with Crippen molar-refractivity contribution in [1.82, 2.24) is 4.90 Å². The summed E-state index contributed by atoms with van der Waals surface area (Å²) in [5.41, 5.74) is 0.375. The third-order valence-corrected chi connectivity index (χ3v) is 2.45. The summed E-state index contributed by atoms with van der Waals surface area (Å²) in [6.07, 6.45) is 0. The highest BCUT2D eigenvalue weighted by Gasteiger charge is 2.18. The minimum atomic E-state index is -0.550. The lowest BCUT2D eigenvalue weighted by atomic mass is 10.1. The largest absolute Gasteiger partial charge is 0.375 e. The van der Waals surface area contributed by atoms with E-state index >= 15 is 0 Å². The number of rotatable bonds is 5. The van der Waals surface area contributed by atoms with Crippen LogP contribution in [0.1, 0.15) is 10.4 Å². The molecule has 0 radical (unpaired) electrons. The molecule has 0 atom stereocenters. The summed E-state index contributed by atoms with van der Waals surface area (Å²) in [5.74, 6) is -0.295. The fourth-order valence-corrected chi connectivity index (χ4v) is 1.48. The maximum Gasteiger partial charge on any atom is 0.293 e. The summed E-state index contributed by atoms with van der Waals surface area (Å²) in [5, 5.41) is 14.1. The quantitative estimate of drug-likeness (QED) is 0.665. The molecule has 0 aliphatic rings. The molecule has 0 fully saturated rings. The Balaban J connectivity index is 3.11. The molecule has 1 aromatic carbocycles. The predicted octanol–water partition coefficient (Wildman–Crippen LogP) is 2.46. The number of carbonyl (C=O) groups excluding carboxylic acids is 1. The lowest BCUT2D eigenvalue weighted by Crippen LogP contribution is -2.21. The first-order valence-electron chi connectivity index (χ1n) is 5.40. The van der Waals surface area contributed by atoms with Gasteiger partial charge in [-0.05, 0) is 12.1 Å². The highest BCUT2D eigenvalue weighted by atomic mass is 35.5. The molecule has 0 saturated carbocycles. The van der Waals surface area contributed by atoms with E-state index in [0.29, 0.717) is 10.7 Å². The molecule has 1 aromatic rings. The SMILES string of the molecule is C=C(Cl)CNc1ccc(C(=O)N(C)C)cc1[N+](=O)[O-]. The van der Waals surface area contributed by atoms with E-state index in [1.165, 1.54) is 23.1 Å². The Morgan fingerprint density at radius 2 is 2.16 bits per heavy atom. The van der Waals surface area contributed by atoms with Crippen LogP contribution in [-0.2, 0) is 0 Å². The third kappa shape index (κ3) is 3.96. The molecule has 19 heavy (non-hydrogen) atoms. The van der Waals surface area contributed by atoms with E-state index in [9.17, 15) is 14.9 Å². The van der Waals surface area contributed by atoms with Crippen molar-refractivity contribution >= 4 is 28.9 Å². The van der Waals surface area contributed by atoms with Gasteiger partial charge in [-0.15, -0.1) is 0 Å². The van der Waals surface area contributed by atoms with Crippen LogP contribution in [0, 0.1) is 10.1 Å². The first-order chi connectivity index (χ1) is 8.82. The first kappa shape index (κ1) is 15.0. The molecule has 0 aliphatic carbocycles. The molecule has 1 N–H and O–H groups in total. The Bertz CT molecular complexity index is 529. The van der Waals surface area contributed by atoms with Gasteiger partial charge in [0.25, 0.3) is 11.6 Å². The Hall–Kier alpha value is -2.08. The van der Waals surface area contributed by atoms with Crippen molar-refractivity contribution in [1.29, 1.82) is 0 Å². The fourth-order valence-electron chi connectivity index (χ4n) is 1.41. The van der Waals surface area contributed by atoms with E-state index in [-0.39, 0.29) is 23.7 Å². The summed E-state index contributed by atoms with van der Waals surface area (Å²) < 4.78 is 0. The van der Waals surface area contributed by atoms with Crippen molar-refractivity contribution in [3.05, 3.63) is 45.5 Å². The van der Waals surface area contributed by atoms with Gasteiger partial charge in [-0.3, -0.25) is 14.9 Å². The number of halogens is 1. The summed E-state index contributed by atoms with van der Waals surface area (Å²) in [6, 6.07) is 4.24. The van der Waals surface area contributed by atoms with Crippen LogP contribution in [0.2, 0.25) is 0 Å². The van der Waals surface area contributed by atoms with Crippen LogP contribution >= 0.6 is 11.6 Å². The van der Waals surface area contributed by atoms with E-state index in [0.717, 1.165) is 0 Å². The molecule has 1 rings (SSSR count). The zero-order valence-corrected chi connectivity index (χ0v) is 11.4. The van der Waals surface area contributed by atoms with E-state index < -0.39 is 4.92 Å². The van der Waals surface area contributed by atoms with Gasteiger partial charge in [0.1, 0.15) is 5.69 Å². The molecule has 0 bridgehead atoms. The van der Waals surface area contributed by atoms with Crippen molar-refractivity contribution in [3.63, 3.8) is 0 Å². The van der Waals surface area contributed by atoms with Crippen LogP contribution in [-0.4, -0.2) is 36.4 Å². The Kier molecular flexibility index (Phi) is 4.88. The minimum Gasteiger partial charge on any atom is -0.375 e. The Labute approximate surface area is 115 Å². The van der Waals surface area contributed by atoms with Crippen LogP contribution in [0.15, 0.2) is 29.8 Å². The molecule has 0 saturated heterocycles. The van der Waals surface area contributed by atoms with Gasteiger partial charge in [0.15, 0.2) is 0 Å². The van der Waals surface area contributed by atoms with E-state index in [1.54, 1.807) is 14.1 Å². The molecule has 0 aromatic heterocycles. The standard InChI is InChI=1S/C12H14ClN3O3/c1-8(13)7-14-10-5-4-9(12(17)15(2)3)6-11(10)16(18)19/h4-6,14H,1,7H2,2-3H3. The van der Waals surface area contributed by atoms with Crippen molar-refractivity contribution in [2.75, 3.05) is 26.0 Å². The van der Waals surface area contributed by atoms with Crippen LogP contribution in [0.3, 0.4) is 0 Å². The summed E-state index contributed by atoms with van der Waals surface area (Å²) in [4.78, 5) is 23.5. The smallest absolute Gasteiger partial charge is 0.293 e. The molecule has 7 heteroatoms. The van der Waals surface area contributed by atoms with Crippen LogP contribution < -0.4 is 5.32 Å². The van der Waals surface area contributed by atoms with Crippen LogP contribution in [0.5, 0.6) is 0 Å². The number of hydrogen-bond donors (Lipinski definition) is 1. The molecule has 0 unspecified atom stereocenters. The van der Waals surface area contributed by atoms with Crippen LogP contribution in [0.4, 0.5) is 11.4 Å². The highest BCUT2D eigenvalue weighted by molar-refractivity contribution is 6.29. The van der Waals surface area contributed by atoms with Crippen LogP contribution in [0.25, 0.3) is 0 Å². The monoisotopic (exact) mass is 283 g/mol. The topological polar surface area (TPSA) is 75.5 Å². The van der Waals surface area contributed by atoms with Gasteiger partial charge in [0.05, 0.1) is 11.5 Å². The number of anilines is 1. The molecule has 0 heterocycles. The Morgan fingerprint density at radius 1 is 1.53 bits per heavy atom. The number of nitro groups is 1. The zero-order chi connectivity index (χ0) is 14.6. The fraction of sp³-hybridized carbons (Fsp3) is 0.250. The molecule has 0 spiro atoms. The van der Waals surface area contributed by atoms with E-state index in [2.05, 4.69) is 11.9 Å². The number of hydrogen-bond acceptors (Lipinski definition) is 4. The van der Waals surface area contributed by atoms with Gasteiger partial charge in [0.2, 0.25) is 0 Å². The van der Waals surface area contributed by atoms with Crippen molar-refractivity contribution in [2.24, 2.45) is 0 Å². The average molecular weight is 284 g/mol. The van der Waals surface area contributed by atoms with Crippen molar-refractivity contribution in [3.8, 4) is 0 Å². The third-order valence-electron chi connectivity index (χ3n) is 2.32. The molecule has 102 valence electrons. The lowest BCUT2D eigenvalue weighted by Gasteiger charge is -2.11. The van der Waals surface area contributed by atoms with Gasteiger partial charge < -0.3 is 10.2 Å². The number of amides is 1. The van der Waals surface area contributed by atoms with Gasteiger partial charge >= 0.3 is 0 Å². The second kappa shape index (κ2) is 6.19. The minimum absolute atomic E-state index is 0.175. The zero-order valence-electron chi connectivity index (χ0n) is 10.6. The molecular formula is C12H14ClN3O3. The summed E-state index contributed by atoms with van der Waals surface area (Å²) in [7, 11) is 3.16. The van der Waals surface area contributed by atoms with Gasteiger partial charge in [0, 0.05) is 30.8 Å². The predicted molar refractivity (Wildman–Crippen MR) is 74.6 cm³/mol. The first-order valence-corrected chi connectivity index (χ1v) is 5.78. The van der Waals surface area contributed by atoms with Crippen molar-refractivity contribution < 1.29 is 9.72 Å². The van der Waals surface area contributed by atoms with E-state index in [1.807, 2.05) is 0 Å². The molecular weight excluding hydrogens is 270 g/mol. The number of nitrogens with zero attached hydrogens (tertiary/aromatic N) is 2. The number of benzene rings is 1. The number of nitrogens with one attached hydrogen (secondary N) is 1. The summed E-state index contributed by atoms with van der Waals surface area (Å²) in [6.45, 7) is 3.70. The van der Waals surface area contributed by atoms with Gasteiger partial charge in [-0.25, -0.2) is 0 Å². The molecule has 6 nitrogen and oxygen atoms in total. The second-order valence-corrected chi connectivity index (χ2v) is 4.59.